The Morgan fingerprint density at radius 1 is 1.35 bits per heavy atom. The second-order valence-electron chi connectivity index (χ2n) is 6.43. The first-order chi connectivity index (χ1) is 12.6. The van der Waals surface area contributed by atoms with E-state index in [-0.39, 0.29) is 11.7 Å². The summed E-state index contributed by atoms with van der Waals surface area (Å²) in [6, 6.07) is 7.19. The first kappa shape index (κ1) is 17.9. The van der Waals surface area contributed by atoms with Crippen LogP contribution in [-0.4, -0.2) is 39.0 Å². The molecule has 26 heavy (non-hydrogen) atoms. The van der Waals surface area contributed by atoms with Crippen LogP contribution in [0.1, 0.15) is 36.7 Å². The highest BCUT2D eigenvalue weighted by Crippen LogP contribution is 2.23. The molecule has 0 bridgehead atoms. The van der Waals surface area contributed by atoms with Gasteiger partial charge in [-0.05, 0) is 42.5 Å². The minimum atomic E-state index is 0.176. The number of phenolic OH excluding ortho intramolecular Hbond substituents is 1. The lowest BCUT2D eigenvalue weighted by atomic mass is 10.0. The topological polar surface area (TPSA) is 92.3 Å². The molecule has 0 atom stereocenters. The first-order valence-corrected chi connectivity index (χ1v) is 8.93. The number of anilines is 1. The van der Waals surface area contributed by atoms with Crippen LogP contribution in [-0.2, 0) is 17.6 Å². The molecular formula is C20H24N4O2. The minimum absolute atomic E-state index is 0.176. The van der Waals surface area contributed by atoms with Crippen LogP contribution >= 0.6 is 0 Å². The van der Waals surface area contributed by atoms with Crippen molar-refractivity contribution in [3.8, 4) is 5.75 Å². The second kappa shape index (κ2) is 7.99. The number of nitrogens with two attached hydrogens (primary N) is 1. The van der Waals surface area contributed by atoms with Crippen molar-refractivity contribution >= 4 is 17.3 Å². The number of carbonyl (C=O) groups is 1. The van der Waals surface area contributed by atoms with Crippen molar-refractivity contribution in [2.45, 2.75) is 32.6 Å². The van der Waals surface area contributed by atoms with Gasteiger partial charge in [0.1, 0.15) is 11.6 Å². The molecule has 136 valence electrons. The Bertz CT molecular complexity index is 832. The molecule has 0 saturated heterocycles. The smallest absolute Gasteiger partial charge is 0.222 e. The van der Waals surface area contributed by atoms with Gasteiger partial charge in [0.2, 0.25) is 5.91 Å². The summed E-state index contributed by atoms with van der Waals surface area (Å²) in [6.45, 7) is 3.21. The molecule has 1 aromatic heterocycles. The average Bonchev–Trinajstić information content (AvgIpc) is 2.67. The lowest BCUT2D eigenvalue weighted by Crippen LogP contribution is -2.34. The number of aromatic nitrogens is 2. The number of rotatable bonds is 5. The van der Waals surface area contributed by atoms with Crippen LogP contribution in [0.15, 0.2) is 36.5 Å². The molecule has 1 aliphatic rings. The number of hydrogen-bond acceptors (Lipinski definition) is 5. The molecule has 0 radical (unpaired) electrons. The van der Waals surface area contributed by atoms with Gasteiger partial charge in [-0.15, -0.1) is 0 Å². The van der Waals surface area contributed by atoms with E-state index >= 15 is 0 Å². The number of amides is 1. The lowest BCUT2D eigenvalue weighted by Gasteiger charge is -2.26. The third-order valence-corrected chi connectivity index (χ3v) is 4.63. The molecule has 0 spiro atoms. The molecule has 6 nitrogen and oxygen atoms in total. The fourth-order valence-electron chi connectivity index (χ4n) is 3.10. The maximum absolute atomic E-state index is 11.8. The largest absolute Gasteiger partial charge is 0.508 e. The maximum atomic E-state index is 11.8. The Balaban J connectivity index is 1.72. The molecule has 0 unspecified atom stereocenters. The highest BCUT2D eigenvalue weighted by atomic mass is 16.3. The summed E-state index contributed by atoms with van der Waals surface area (Å²) in [4.78, 5) is 22.6. The predicted molar refractivity (Wildman–Crippen MR) is 101 cm³/mol. The van der Waals surface area contributed by atoms with Gasteiger partial charge in [-0.3, -0.25) is 4.79 Å². The summed E-state index contributed by atoms with van der Waals surface area (Å²) in [5, 5.41) is 9.57. The van der Waals surface area contributed by atoms with Gasteiger partial charge < -0.3 is 15.7 Å². The highest BCUT2D eigenvalue weighted by molar-refractivity contribution is 5.77. The van der Waals surface area contributed by atoms with E-state index in [1.54, 1.807) is 18.3 Å². The van der Waals surface area contributed by atoms with Crippen molar-refractivity contribution in [3.63, 3.8) is 0 Å². The van der Waals surface area contributed by atoms with Crippen molar-refractivity contribution < 1.29 is 9.90 Å². The summed E-state index contributed by atoms with van der Waals surface area (Å²) in [5.74, 6) is 0.873. The van der Waals surface area contributed by atoms with Crippen LogP contribution in [0.3, 0.4) is 0 Å². The monoisotopic (exact) mass is 352 g/mol. The van der Waals surface area contributed by atoms with Gasteiger partial charge in [0.25, 0.3) is 0 Å². The third kappa shape index (κ3) is 4.20. The van der Waals surface area contributed by atoms with Gasteiger partial charge in [0, 0.05) is 19.5 Å². The van der Waals surface area contributed by atoms with Gasteiger partial charge >= 0.3 is 0 Å². The van der Waals surface area contributed by atoms with Crippen molar-refractivity contribution in [1.29, 1.82) is 0 Å². The van der Waals surface area contributed by atoms with Gasteiger partial charge in [-0.1, -0.05) is 25.1 Å². The van der Waals surface area contributed by atoms with E-state index in [1.165, 1.54) is 0 Å². The van der Waals surface area contributed by atoms with Crippen LogP contribution < -0.4 is 5.73 Å². The number of aromatic hydroxyl groups is 1. The average molecular weight is 352 g/mol. The molecular weight excluding hydrogens is 328 g/mol. The minimum Gasteiger partial charge on any atom is -0.508 e. The van der Waals surface area contributed by atoms with Crippen molar-refractivity contribution in [2.24, 2.45) is 0 Å². The zero-order valence-corrected chi connectivity index (χ0v) is 15.0. The SMILES string of the molecule is CCC(=O)N1CC=C(c2cnc(N)c(CCc3cccc(O)c3)n2)CC1. The summed E-state index contributed by atoms with van der Waals surface area (Å²) < 4.78 is 0. The van der Waals surface area contributed by atoms with Crippen LogP contribution in [0.25, 0.3) is 5.57 Å². The standard InChI is InChI=1S/C20H24N4O2/c1-2-19(26)24-10-8-15(9-11-24)18-13-22-20(21)17(23-18)7-6-14-4-3-5-16(25)12-14/h3-5,8,12-13,25H,2,6-7,9-11H2,1H3,(H2,21,22). The molecule has 2 heterocycles. The van der Waals surface area contributed by atoms with E-state index in [0.717, 1.165) is 35.4 Å². The predicted octanol–water partition coefficient (Wildman–Crippen LogP) is 2.58. The molecule has 0 fully saturated rings. The number of aryl methyl sites for hydroxylation is 2. The van der Waals surface area contributed by atoms with Crippen LogP contribution in [0, 0.1) is 0 Å². The van der Waals surface area contributed by atoms with E-state index in [0.29, 0.717) is 31.7 Å². The zero-order valence-electron chi connectivity index (χ0n) is 15.0. The number of phenols is 1. The van der Waals surface area contributed by atoms with Gasteiger partial charge in [-0.2, -0.15) is 0 Å². The van der Waals surface area contributed by atoms with E-state index in [4.69, 9.17) is 10.7 Å². The van der Waals surface area contributed by atoms with Crippen molar-refractivity contribution in [3.05, 3.63) is 53.5 Å². The molecule has 2 aromatic rings. The molecule has 0 aliphatic carbocycles. The number of nitrogens with zero attached hydrogens (tertiary/aromatic N) is 3. The third-order valence-electron chi connectivity index (χ3n) is 4.63. The first-order valence-electron chi connectivity index (χ1n) is 8.93. The molecule has 3 rings (SSSR count). The zero-order chi connectivity index (χ0) is 18.5. The number of carbonyl (C=O) groups excluding carboxylic acids is 1. The molecule has 1 amide bonds. The van der Waals surface area contributed by atoms with Crippen LogP contribution in [0.5, 0.6) is 5.75 Å². The van der Waals surface area contributed by atoms with Crippen LogP contribution in [0.2, 0.25) is 0 Å². The summed E-state index contributed by atoms with van der Waals surface area (Å²) in [5.41, 5.74) is 9.73. The van der Waals surface area contributed by atoms with E-state index < -0.39 is 0 Å². The number of hydrogen-bond donors (Lipinski definition) is 2. The van der Waals surface area contributed by atoms with Crippen molar-refractivity contribution in [2.75, 3.05) is 18.8 Å². The molecule has 3 N–H and O–H groups in total. The van der Waals surface area contributed by atoms with Gasteiger partial charge in [-0.25, -0.2) is 9.97 Å². The molecule has 1 aliphatic heterocycles. The summed E-state index contributed by atoms with van der Waals surface area (Å²) in [7, 11) is 0. The fraction of sp³-hybridized carbons (Fsp3) is 0.350. The highest BCUT2D eigenvalue weighted by Gasteiger charge is 2.18. The Hall–Kier alpha value is -2.89. The molecule has 0 saturated carbocycles. The summed E-state index contributed by atoms with van der Waals surface area (Å²) in [6.07, 6.45) is 6.45. The Morgan fingerprint density at radius 3 is 2.88 bits per heavy atom. The van der Waals surface area contributed by atoms with E-state index in [1.807, 2.05) is 24.0 Å². The number of benzene rings is 1. The van der Waals surface area contributed by atoms with Crippen molar-refractivity contribution in [1.82, 2.24) is 14.9 Å². The Labute approximate surface area is 153 Å². The van der Waals surface area contributed by atoms with Gasteiger partial charge in [0.05, 0.1) is 17.6 Å². The summed E-state index contributed by atoms with van der Waals surface area (Å²) >= 11 is 0. The van der Waals surface area contributed by atoms with E-state index in [9.17, 15) is 9.90 Å². The fourth-order valence-corrected chi connectivity index (χ4v) is 3.10. The van der Waals surface area contributed by atoms with Crippen LogP contribution in [0.4, 0.5) is 5.82 Å². The maximum Gasteiger partial charge on any atom is 0.222 e. The number of nitrogen functional groups attached to an aromatic ring is 1. The van der Waals surface area contributed by atoms with Gasteiger partial charge in [0.15, 0.2) is 0 Å². The Morgan fingerprint density at radius 2 is 2.19 bits per heavy atom. The lowest BCUT2D eigenvalue weighted by molar-refractivity contribution is -0.130. The quantitative estimate of drug-likeness (QED) is 0.863. The molecule has 1 aromatic carbocycles. The Kier molecular flexibility index (Phi) is 5.51. The molecule has 6 heteroatoms. The normalized spacial score (nSPS) is 14.2. The van der Waals surface area contributed by atoms with E-state index in [2.05, 4.69) is 11.1 Å². The second-order valence-corrected chi connectivity index (χ2v) is 6.43.